The molecule has 1 fully saturated rings. The molecule has 1 saturated heterocycles. The van der Waals surface area contributed by atoms with Crippen LogP contribution < -0.4 is 24.4 Å². The van der Waals surface area contributed by atoms with Crippen LogP contribution in [0.2, 0.25) is 5.02 Å². The summed E-state index contributed by atoms with van der Waals surface area (Å²) >= 11 is 6.73. The Balaban J connectivity index is 1.64. The van der Waals surface area contributed by atoms with E-state index < -0.39 is 23.3 Å². The number of ketones is 1. The summed E-state index contributed by atoms with van der Waals surface area (Å²) in [5.74, 6) is 0.978. The van der Waals surface area contributed by atoms with Gasteiger partial charge in [0, 0.05) is 43.4 Å². The van der Waals surface area contributed by atoms with Crippen molar-refractivity contribution in [3.8, 4) is 17.2 Å². The fourth-order valence-electron chi connectivity index (χ4n) is 5.47. The van der Waals surface area contributed by atoms with Gasteiger partial charge in [-0.1, -0.05) is 23.7 Å². The second-order valence-corrected chi connectivity index (χ2v) is 12.8. The standard InChI is InChI=1S/C36H44ClN3O7/c1-36(2,3)47-35(43)39-19-17-24(18-20-39)22-38-34(42)32(33(41)25-11-14-27(44-4)15-12-25)40(30-10-8-7-9-29(30)37)23-26-13-16-28(45-5)21-31(26)46-6/h7-16,21,24,32H,17-20,22-23H2,1-6H3,(H,38,42). The number of Topliss-reactive ketones (excluding diaryl/α,β-unsaturated/α-hetero) is 1. The summed E-state index contributed by atoms with van der Waals surface area (Å²) in [7, 11) is 4.67. The molecule has 10 nitrogen and oxygen atoms in total. The number of nitrogens with zero attached hydrogens (tertiary/aromatic N) is 2. The Bertz CT molecular complexity index is 1530. The molecule has 11 heteroatoms. The number of benzene rings is 3. The van der Waals surface area contributed by atoms with Gasteiger partial charge in [-0.25, -0.2) is 4.79 Å². The highest BCUT2D eigenvalue weighted by Gasteiger charge is 2.36. The highest BCUT2D eigenvalue weighted by molar-refractivity contribution is 6.33. The van der Waals surface area contributed by atoms with E-state index in [4.69, 9.17) is 30.5 Å². The van der Waals surface area contributed by atoms with Crippen molar-refractivity contribution in [3.63, 3.8) is 0 Å². The van der Waals surface area contributed by atoms with Crippen LogP contribution in [-0.4, -0.2) is 75.3 Å². The average molecular weight is 666 g/mol. The molecule has 0 spiro atoms. The van der Waals surface area contributed by atoms with Crippen molar-refractivity contribution >= 4 is 35.1 Å². The number of ether oxygens (including phenoxy) is 4. The molecular formula is C36H44ClN3O7. The van der Waals surface area contributed by atoms with Gasteiger partial charge in [-0.05, 0) is 88.1 Å². The second kappa shape index (κ2) is 15.9. The van der Waals surface area contributed by atoms with Crippen LogP contribution in [-0.2, 0) is 16.1 Å². The predicted octanol–water partition coefficient (Wildman–Crippen LogP) is 6.39. The molecule has 3 aromatic carbocycles. The molecule has 1 N–H and O–H groups in total. The molecule has 2 amide bonds. The van der Waals surface area contributed by atoms with E-state index >= 15 is 0 Å². The third-order valence-electron chi connectivity index (χ3n) is 8.01. The number of carbonyl (C=O) groups is 3. The van der Waals surface area contributed by atoms with E-state index in [1.165, 1.54) is 0 Å². The number of amides is 2. The Labute approximate surface area is 281 Å². The van der Waals surface area contributed by atoms with E-state index in [0.717, 1.165) is 5.56 Å². The fourth-order valence-corrected chi connectivity index (χ4v) is 5.71. The van der Waals surface area contributed by atoms with Crippen molar-refractivity contribution in [3.05, 3.63) is 82.9 Å². The Hall–Kier alpha value is -4.44. The molecule has 0 aliphatic carbocycles. The fraction of sp³-hybridized carbons (Fsp3) is 0.417. The van der Waals surface area contributed by atoms with Gasteiger partial charge in [0.05, 0.1) is 32.0 Å². The maximum atomic E-state index is 14.3. The molecule has 4 rings (SSSR count). The quantitative estimate of drug-likeness (QED) is 0.175. The van der Waals surface area contributed by atoms with Gasteiger partial charge in [0.25, 0.3) is 5.91 Å². The van der Waals surface area contributed by atoms with Crippen LogP contribution in [0.4, 0.5) is 10.5 Å². The zero-order valence-electron chi connectivity index (χ0n) is 27.9. The molecule has 1 aliphatic heterocycles. The molecule has 1 atom stereocenters. The molecule has 252 valence electrons. The summed E-state index contributed by atoms with van der Waals surface area (Å²) in [6.07, 6.45) is 1.04. The van der Waals surface area contributed by atoms with Crippen LogP contribution in [0.1, 0.15) is 49.5 Å². The third-order valence-corrected chi connectivity index (χ3v) is 8.33. The Morgan fingerprint density at radius 3 is 2.15 bits per heavy atom. The first-order valence-electron chi connectivity index (χ1n) is 15.6. The maximum absolute atomic E-state index is 14.3. The van der Waals surface area contributed by atoms with Gasteiger partial charge in [-0.3, -0.25) is 9.59 Å². The molecule has 0 saturated carbocycles. The first-order chi connectivity index (χ1) is 22.4. The predicted molar refractivity (Wildman–Crippen MR) is 182 cm³/mol. The number of nitrogens with one attached hydrogen (secondary N) is 1. The number of halogens is 1. The zero-order chi connectivity index (χ0) is 34.1. The average Bonchev–Trinajstić information content (AvgIpc) is 3.06. The molecule has 1 heterocycles. The van der Waals surface area contributed by atoms with E-state index in [2.05, 4.69) is 5.32 Å². The van der Waals surface area contributed by atoms with Gasteiger partial charge in [0.2, 0.25) is 0 Å². The lowest BCUT2D eigenvalue weighted by Gasteiger charge is -2.35. The molecule has 47 heavy (non-hydrogen) atoms. The van der Waals surface area contributed by atoms with Gasteiger partial charge < -0.3 is 34.1 Å². The molecule has 1 unspecified atom stereocenters. The number of carbonyl (C=O) groups excluding carboxylic acids is 3. The summed E-state index contributed by atoms with van der Waals surface area (Å²) in [5.41, 5.74) is 1.01. The minimum atomic E-state index is -1.28. The van der Waals surface area contributed by atoms with Gasteiger partial charge in [0.15, 0.2) is 11.8 Å². The molecular weight excluding hydrogens is 622 g/mol. The van der Waals surface area contributed by atoms with Crippen molar-refractivity contribution < 1.29 is 33.3 Å². The molecule has 1 aliphatic rings. The third kappa shape index (κ3) is 9.32. The number of hydrogen-bond donors (Lipinski definition) is 1. The minimum absolute atomic E-state index is 0.116. The Morgan fingerprint density at radius 1 is 0.915 bits per heavy atom. The van der Waals surface area contributed by atoms with Gasteiger partial charge in [-0.2, -0.15) is 0 Å². The summed E-state index contributed by atoms with van der Waals surface area (Å²) in [4.78, 5) is 44.5. The van der Waals surface area contributed by atoms with Crippen LogP contribution in [0.5, 0.6) is 17.2 Å². The second-order valence-electron chi connectivity index (χ2n) is 12.4. The lowest BCUT2D eigenvalue weighted by atomic mass is 9.96. The monoisotopic (exact) mass is 665 g/mol. The molecule has 3 aromatic rings. The van der Waals surface area contributed by atoms with Crippen molar-refractivity contribution in [2.75, 3.05) is 45.9 Å². The van der Waals surface area contributed by atoms with Gasteiger partial charge >= 0.3 is 6.09 Å². The van der Waals surface area contributed by atoms with E-state index in [1.807, 2.05) is 32.9 Å². The van der Waals surface area contributed by atoms with Crippen LogP contribution in [0.15, 0.2) is 66.7 Å². The molecule has 0 radical (unpaired) electrons. The van der Waals surface area contributed by atoms with Crippen LogP contribution in [0.3, 0.4) is 0 Å². The number of piperidine rings is 1. The topological polar surface area (TPSA) is 107 Å². The lowest BCUT2D eigenvalue weighted by molar-refractivity contribution is -0.121. The highest BCUT2D eigenvalue weighted by atomic mass is 35.5. The van der Waals surface area contributed by atoms with E-state index in [-0.39, 0.29) is 18.6 Å². The van der Waals surface area contributed by atoms with E-state index in [0.29, 0.717) is 66.0 Å². The summed E-state index contributed by atoms with van der Waals surface area (Å²) in [6.45, 7) is 7.04. The largest absolute Gasteiger partial charge is 0.497 e. The summed E-state index contributed by atoms with van der Waals surface area (Å²) < 4.78 is 21.9. The number of para-hydroxylation sites is 1. The smallest absolute Gasteiger partial charge is 0.410 e. The summed E-state index contributed by atoms with van der Waals surface area (Å²) in [6, 6.07) is 17.9. The van der Waals surface area contributed by atoms with Crippen LogP contribution >= 0.6 is 11.6 Å². The van der Waals surface area contributed by atoms with Crippen molar-refractivity contribution in [1.82, 2.24) is 10.2 Å². The van der Waals surface area contributed by atoms with Crippen molar-refractivity contribution in [2.24, 2.45) is 5.92 Å². The van der Waals surface area contributed by atoms with Crippen LogP contribution in [0, 0.1) is 5.92 Å². The number of methoxy groups -OCH3 is 3. The SMILES string of the molecule is COc1ccc(C(=O)C(C(=O)NCC2CCN(C(=O)OC(C)(C)C)CC2)N(Cc2ccc(OC)cc2OC)c2ccccc2Cl)cc1. The zero-order valence-corrected chi connectivity index (χ0v) is 28.6. The first kappa shape index (κ1) is 35.4. The first-order valence-corrected chi connectivity index (χ1v) is 16.0. The number of hydrogen-bond acceptors (Lipinski definition) is 8. The number of rotatable bonds is 12. The van der Waals surface area contributed by atoms with Crippen molar-refractivity contribution in [1.29, 1.82) is 0 Å². The number of anilines is 1. The molecule has 0 aromatic heterocycles. The van der Waals surface area contributed by atoms with Gasteiger partial charge in [0.1, 0.15) is 22.8 Å². The highest BCUT2D eigenvalue weighted by Crippen LogP contribution is 2.33. The lowest BCUT2D eigenvalue weighted by Crippen LogP contribution is -2.53. The van der Waals surface area contributed by atoms with E-state index in [1.54, 1.807) is 85.7 Å². The minimum Gasteiger partial charge on any atom is -0.497 e. The van der Waals surface area contributed by atoms with Gasteiger partial charge in [-0.15, -0.1) is 0 Å². The number of likely N-dealkylation sites (tertiary alicyclic amines) is 1. The Morgan fingerprint density at radius 2 is 1.55 bits per heavy atom. The Kier molecular flexibility index (Phi) is 12.0. The summed E-state index contributed by atoms with van der Waals surface area (Å²) in [5, 5.41) is 3.44. The molecule has 0 bridgehead atoms. The maximum Gasteiger partial charge on any atom is 0.410 e. The van der Waals surface area contributed by atoms with Crippen molar-refractivity contribution in [2.45, 2.75) is 51.8 Å². The van der Waals surface area contributed by atoms with E-state index in [9.17, 15) is 14.4 Å². The normalized spacial score (nSPS) is 14.1. The van der Waals surface area contributed by atoms with Crippen LogP contribution in [0.25, 0.3) is 0 Å².